The molecule has 0 bridgehead atoms. The fourth-order valence-corrected chi connectivity index (χ4v) is 1.54. The van der Waals surface area contributed by atoms with E-state index in [0.717, 1.165) is 25.9 Å². The molecule has 0 aliphatic rings. The third-order valence-electron chi connectivity index (χ3n) is 2.31. The van der Waals surface area contributed by atoms with Crippen LogP contribution in [-0.2, 0) is 0 Å². The van der Waals surface area contributed by atoms with Gasteiger partial charge in [0, 0.05) is 13.0 Å². The van der Waals surface area contributed by atoms with Crippen molar-refractivity contribution >= 4 is 0 Å². The lowest BCUT2D eigenvalue weighted by atomic mass is 10.0. The van der Waals surface area contributed by atoms with Crippen molar-refractivity contribution in [1.29, 1.82) is 5.26 Å². The van der Waals surface area contributed by atoms with E-state index < -0.39 is 0 Å². The third-order valence-corrected chi connectivity index (χ3v) is 2.31. The van der Waals surface area contributed by atoms with Gasteiger partial charge in [0.25, 0.3) is 0 Å². The lowest BCUT2D eigenvalue weighted by Gasteiger charge is -2.15. The fourth-order valence-electron chi connectivity index (χ4n) is 1.54. The Kier molecular flexibility index (Phi) is 10.0. The van der Waals surface area contributed by atoms with Crippen molar-refractivity contribution < 1.29 is 5.11 Å². The molecule has 0 aromatic carbocycles. The minimum absolute atomic E-state index is 0.282. The van der Waals surface area contributed by atoms with Gasteiger partial charge >= 0.3 is 0 Å². The second-order valence-corrected chi connectivity index (χ2v) is 3.63. The zero-order valence-corrected chi connectivity index (χ0v) is 9.13. The molecule has 1 unspecified atom stereocenters. The van der Waals surface area contributed by atoms with Crippen molar-refractivity contribution in [3.63, 3.8) is 0 Å². The maximum absolute atomic E-state index is 8.83. The number of rotatable bonds is 9. The Morgan fingerprint density at radius 1 is 1.43 bits per heavy atom. The minimum atomic E-state index is 0.282. The Hall–Kier alpha value is -0.590. The standard InChI is InChI=1S/C11H22N2O/c1-2-5-11(6-9-14)10-13-8-4-3-7-12/h11,13-14H,2-6,8-10H2,1H3. The van der Waals surface area contributed by atoms with Crippen LogP contribution < -0.4 is 5.32 Å². The zero-order valence-electron chi connectivity index (χ0n) is 9.13. The van der Waals surface area contributed by atoms with Crippen LogP contribution in [-0.4, -0.2) is 24.8 Å². The predicted octanol–water partition coefficient (Wildman–Crippen LogP) is 1.68. The van der Waals surface area contributed by atoms with E-state index in [0.29, 0.717) is 12.3 Å². The summed E-state index contributed by atoms with van der Waals surface area (Å²) in [6.07, 6.45) is 4.79. The maximum atomic E-state index is 8.83. The van der Waals surface area contributed by atoms with Gasteiger partial charge in [-0.2, -0.15) is 5.26 Å². The van der Waals surface area contributed by atoms with E-state index in [1.165, 1.54) is 12.8 Å². The quantitative estimate of drug-likeness (QED) is 0.554. The second kappa shape index (κ2) is 10.5. The fraction of sp³-hybridized carbons (Fsp3) is 0.909. The number of unbranched alkanes of at least 4 members (excludes halogenated alkanes) is 1. The first-order valence-electron chi connectivity index (χ1n) is 5.53. The number of aliphatic hydroxyl groups excluding tert-OH is 1. The molecular weight excluding hydrogens is 176 g/mol. The van der Waals surface area contributed by atoms with Crippen molar-refractivity contribution in [2.45, 2.75) is 39.0 Å². The Morgan fingerprint density at radius 2 is 2.21 bits per heavy atom. The summed E-state index contributed by atoms with van der Waals surface area (Å²) in [4.78, 5) is 0. The van der Waals surface area contributed by atoms with E-state index >= 15 is 0 Å². The SMILES string of the molecule is CCCC(CCO)CNCCCC#N. The molecule has 0 rings (SSSR count). The highest BCUT2D eigenvalue weighted by molar-refractivity contribution is 4.69. The van der Waals surface area contributed by atoms with Gasteiger partial charge < -0.3 is 10.4 Å². The third kappa shape index (κ3) is 8.03. The van der Waals surface area contributed by atoms with Crippen LogP contribution in [0.5, 0.6) is 0 Å². The summed E-state index contributed by atoms with van der Waals surface area (Å²) in [5.41, 5.74) is 0. The number of hydrogen-bond donors (Lipinski definition) is 2. The van der Waals surface area contributed by atoms with E-state index in [1.54, 1.807) is 0 Å². The van der Waals surface area contributed by atoms with Crippen molar-refractivity contribution in [3.8, 4) is 6.07 Å². The van der Waals surface area contributed by atoms with E-state index in [2.05, 4.69) is 18.3 Å². The Labute approximate surface area is 87.1 Å². The summed E-state index contributed by atoms with van der Waals surface area (Å²) < 4.78 is 0. The van der Waals surface area contributed by atoms with Crippen LogP contribution >= 0.6 is 0 Å². The predicted molar refractivity (Wildman–Crippen MR) is 57.8 cm³/mol. The highest BCUT2D eigenvalue weighted by atomic mass is 16.3. The van der Waals surface area contributed by atoms with E-state index in [9.17, 15) is 0 Å². The molecule has 0 saturated heterocycles. The topological polar surface area (TPSA) is 56.0 Å². The second-order valence-electron chi connectivity index (χ2n) is 3.63. The average molecular weight is 198 g/mol. The van der Waals surface area contributed by atoms with Crippen LogP contribution in [0, 0.1) is 17.2 Å². The molecule has 0 heterocycles. The maximum Gasteiger partial charge on any atom is 0.0622 e. The molecule has 1 atom stereocenters. The Balaban J connectivity index is 3.36. The van der Waals surface area contributed by atoms with Crippen LogP contribution in [0.4, 0.5) is 0 Å². The summed E-state index contributed by atoms with van der Waals surface area (Å²) in [5, 5.41) is 20.5. The molecule has 0 spiro atoms. The first-order valence-corrected chi connectivity index (χ1v) is 5.53. The molecule has 3 nitrogen and oxygen atoms in total. The molecule has 14 heavy (non-hydrogen) atoms. The summed E-state index contributed by atoms with van der Waals surface area (Å²) >= 11 is 0. The molecule has 0 radical (unpaired) electrons. The monoisotopic (exact) mass is 198 g/mol. The number of nitrogens with zero attached hydrogens (tertiary/aromatic N) is 1. The molecule has 0 saturated carbocycles. The van der Waals surface area contributed by atoms with E-state index in [1.807, 2.05) is 0 Å². The van der Waals surface area contributed by atoms with E-state index in [4.69, 9.17) is 10.4 Å². The van der Waals surface area contributed by atoms with Crippen LogP contribution in [0.15, 0.2) is 0 Å². The van der Waals surface area contributed by atoms with Gasteiger partial charge in [-0.25, -0.2) is 0 Å². The van der Waals surface area contributed by atoms with Crippen LogP contribution in [0.3, 0.4) is 0 Å². The normalized spacial score (nSPS) is 12.4. The van der Waals surface area contributed by atoms with Gasteiger partial charge in [0.05, 0.1) is 6.07 Å². The summed E-state index contributed by atoms with van der Waals surface area (Å²) in [6.45, 7) is 4.34. The van der Waals surface area contributed by atoms with Crippen LogP contribution in [0.2, 0.25) is 0 Å². The largest absolute Gasteiger partial charge is 0.396 e. The van der Waals surface area contributed by atoms with Gasteiger partial charge in [-0.3, -0.25) is 0 Å². The lowest BCUT2D eigenvalue weighted by Crippen LogP contribution is -2.24. The van der Waals surface area contributed by atoms with Gasteiger partial charge in [0.1, 0.15) is 0 Å². The molecule has 0 aliphatic heterocycles. The highest BCUT2D eigenvalue weighted by Gasteiger charge is 2.05. The molecule has 0 fully saturated rings. The first kappa shape index (κ1) is 13.4. The number of nitriles is 1. The molecule has 0 aromatic rings. The molecule has 82 valence electrons. The van der Waals surface area contributed by atoms with Gasteiger partial charge in [0.15, 0.2) is 0 Å². The number of aliphatic hydroxyl groups is 1. The van der Waals surface area contributed by atoms with Crippen LogP contribution in [0.1, 0.15) is 39.0 Å². The minimum Gasteiger partial charge on any atom is -0.396 e. The molecular formula is C11H22N2O. The number of hydrogen-bond acceptors (Lipinski definition) is 3. The molecule has 0 aliphatic carbocycles. The highest BCUT2D eigenvalue weighted by Crippen LogP contribution is 2.09. The Morgan fingerprint density at radius 3 is 2.79 bits per heavy atom. The van der Waals surface area contributed by atoms with Gasteiger partial charge in [-0.15, -0.1) is 0 Å². The van der Waals surface area contributed by atoms with Crippen molar-refractivity contribution in [2.75, 3.05) is 19.7 Å². The smallest absolute Gasteiger partial charge is 0.0622 e. The lowest BCUT2D eigenvalue weighted by molar-refractivity contribution is 0.248. The van der Waals surface area contributed by atoms with Crippen molar-refractivity contribution in [3.05, 3.63) is 0 Å². The molecule has 0 amide bonds. The first-order chi connectivity index (χ1) is 6.85. The van der Waals surface area contributed by atoms with Gasteiger partial charge in [0.2, 0.25) is 0 Å². The summed E-state index contributed by atoms with van der Waals surface area (Å²) in [5.74, 6) is 0.590. The molecule has 2 N–H and O–H groups in total. The molecule has 0 aromatic heterocycles. The van der Waals surface area contributed by atoms with Crippen LogP contribution in [0.25, 0.3) is 0 Å². The Bertz CT molecular complexity index is 148. The van der Waals surface area contributed by atoms with Crippen molar-refractivity contribution in [1.82, 2.24) is 5.32 Å². The zero-order chi connectivity index (χ0) is 10.6. The summed E-state index contributed by atoms with van der Waals surface area (Å²) in [6, 6.07) is 2.13. The van der Waals surface area contributed by atoms with Gasteiger partial charge in [-0.1, -0.05) is 13.3 Å². The van der Waals surface area contributed by atoms with Crippen molar-refractivity contribution in [2.24, 2.45) is 5.92 Å². The average Bonchev–Trinajstić information content (AvgIpc) is 2.18. The number of nitrogens with one attached hydrogen (secondary N) is 1. The summed E-state index contributed by atoms with van der Waals surface area (Å²) in [7, 11) is 0. The van der Waals surface area contributed by atoms with Gasteiger partial charge in [-0.05, 0) is 38.3 Å². The van der Waals surface area contributed by atoms with E-state index in [-0.39, 0.29) is 6.61 Å². The molecule has 3 heteroatoms.